The van der Waals surface area contributed by atoms with Crippen molar-refractivity contribution in [3.63, 3.8) is 0 Å². The van der Waals surface area contributed by atoms with Crippen LogP contribution >= 0.6 is 0 Å². The number of benzene rings is 2. The highest BCUT2D eigenvalue weighted by atomic mass is 16.5. The van der Waals surface area contributed by atoms with Crippen molar-refractivity contribution in [2.45, 2.75) is 12.5 Å². The van der Waals surface area contributed by atoms with E-state index in [4.69, 9.17) is 4.74 Å². The average Bonchev–Trinajstić information content (AvgIpc) is 2.54. The molecular formula is C17H17NO3. The summed E-state index contributed by atoms with van der Waals surface area (Å²) in [6.45, 7) is 0.556. The lowest BCUT2D eigenvalue weighted by atomic mass is 9.94. The molecule has 1 heterocycles. The number of esters is 1. The Labute approximate surface area is 123 Å². The first-order chi connectivity index (χ1) is 10.3. The number of methoxy groups -OCH3 is 1. The molecule has 108 valence electrons. The maximum Gasteiger partial charge on any atom is 0.306 e. The molecule has 0 fully saturated rings. The third kappa shape index (κ3) is 2.76. The molecule has 0 amide bonds. The molecule has 0 saturated carbocycles. The van der Waals surface area contributed by atoms with Gasteiger partial charge < -0.3 is 14.8 Å². The summed E-state index contributed by atoms with van der Waals surface area (Å²) in [6, 6.07) is 15.9. The zero-order valence-corrected chi connectivity index (χ0v) is 11.8. The highest BCUT2D eigenvalue weighted by molar-refractivity contribution is 5.69. The van der Waals surface area contributed by atoms with Gasteiger partial charge in [0.25, 0.3) is 0 Å². The van der Waals surface area contributed by atoms with Gasteiger partial charge in [-0.2, -0.15) is 0 Å². The molecule has 0 bridgehead atoms. The van der Waals surface area contributed by atoms with E-state index in [1.165, 1.54) is 7.11 Å². The van der Waals surface area contributed by atoms with Gasteiger partial charge in [-0.05, 0) is 12.1 Å². The van der Waals surface area contributed by atoms with Crippen molar-refractivity contribution in [3.8, 4) is 11.5 Å². The minimum absolute atomic E-state index is 0.0239. The molecule has 4 heteroatoms. The minimum atomic E-state index is -0.212. The van der Waals surface area contributed by atoms with E-state index in [2.05, 4.69) is 10.1 Å². The summed E-state index contributed by atoms with van der Waals surface area (Å²) >= 11 is 0. The van der Waals surface area contributed by atoms with Crippen LogP contribution in [0.15, 0.2) is 48.5 Å². The molecule has 0 aromatic heterocycles. The van der Waals surface area contributed by atoms with Crippen LogP contribution in [0.1, 0.15) is 23.6 Å². The van der Waals surface area contributed by atoms with Crippen molar-refractivity contribution in [2.24, 2.45) is 0 Å². The van der Waals surface area contributed by atoms with Crippen LogP contribution in [0, 0.1) is 0 Å². The summed E-state index contributed by atoms with van der Waals surface area (Å²) < 4.78 is 10.6. The topological polar surface area (TPSA) is 47.6 Å². The zero-order chi connectivity index (χ0) is 14.7. The molecule has 0 unspecified atom stereocenters. The third-order valence-corrected chi connectivity index (χ3v) is 3.59. The predicted octanol–water partition coefficient (Wildman–Crippen LogP) is 3.03. The first-order valence-electron chi connectivity index (χ1n) is 6.95. The van der Waals surface area contributed by atoms with E-state index >= 15 is 0 Å². The van der Waals surface area contributed by atoms with Crippen molar-refractivity contribution in [1.82, 2.24) is 5.32 Å². The Morgan fingerprint density at radius 1 is 1.10 bits per heavy atom. The fraction of sp³-hybridized carbons (Fsp3) is 0.235. The highest BCUT2D eigenvalue weighted by Gasteiger charge is 2.26. The van der Waals surface area contributed by atoms with E-state index < -0.39 is 0 Å². The standard InChI is InChI=1S/C17H17NO3/c1-20-16(19)10-11-18-17-12-6-2-4-8-14(12)21-15-9-5-3-7-13(15)17/h2-9,17-18H,10-11H2,1H3. The van der Waals surface area contributed by atoms with Gasteiger partial charge in [0, 0.05) is 17.7 Å². The molecular weight excluding hydrogens is 266 g/mol. The Morgan fingerprint density at radius 2 is 1.67 bits per heavy atom. The second-order valence-electron chi connectivity index (χ2n) is 4.89. The predicted molar refractivity (Wildman–Crippen MR) is 79.4 cm³/mol. The van der Waals surface area contributed by atoms with Crippen LogP contribution in [-0.2, 0) is 9.53 Å². The van der Waals surface area contributed by atoms with E-state index in [9.17, 15) is 4.79 Å². The van der Waals surface area contributed by atoms with Gasteiger partial charge in [0.05, 0.1) is 19.6 Å². The summed E-state index contributed by atoms with van der Waals surface area (Å²) in [4.78, 5) is 11.3. The Kier molecular flexibility index (Phi) is 3.88. The van der Waals surface area contributed by atoms with E-state index in [-0.39, 0.29) is 12.0 Å². The number of fused-ring (bicyclic) bond motifs is 2. The monoisotopic (exact) mass is 283 g/mol. The van der Waals surface area contributed by atoms with Crippen LogP contribution in [0.2, 0.25) is 0 Å². The molecule has 0 atom stereocenters. The molecule has 1 aliphatic heterocycles. The average molecular weight is 283 g/mol. The Morgan fingerprint density at radius 3 is 2.24 bits per heavy atom. The molecule has 1 N–H and O–H groups in total. The SMILES string of the molecule is COC(=O)CCNC1c2ccccc2Oc2ccccc21. The fourth-order valence-electron chi connectivity index (χ4n) is 2.55. The van der Waals surface area contributed by atoms with Crippen LogP contribution < -0.4 is 10.1 Å². The molecule has 0 aliphatic carbocycles. The quantitative estimate of drug-likeness (QED) is 0.876. The zero-order valence-electron chi connectivity index (χ0n) is 11.8. The molecule has 4 nitrogen and oxygen atoms in total. The van der Waals surface area contributed by atoms with Crippen molar-refractivity contribution < 1.29 is 14.3 Å². The normalized spacial score (nSPS) is 13.0. The lowest BCUT2D eigenvalue weighted by molar-refractivity contribution is -0.140. The number of para-hydroxylation sites is 2. The van der Waals surface area contributed by atoms with Crippen molar-refractivity contribution in [3.05, 3.63) is 59.7 Å². The Hall–Kier alpha value is -2.33. The lowest BCUT2D eigenvalue weighted by Crippen LogP contribution is -2.27. The number of ether oxygens (including phenoxy) is 2. The minimum Gasteiger partial charge on any atom is -0.469 e. The van der Waals surface area contributed by atoms with Gasteiger partial charge in [-0.1, -0.05) is 36.4 Å². The van der Waals surface area contributed by atoms with Crippen LogP contribution in [0.5, 0.6) is 11.5 Å². The first kappa shape index (κ1) is 13.6. The lowest BCUT2D eigenvalue weighted by Gasteiger charge is -2.28. The molecule has 0 saturated heterocycles. The van der Waals surface area contributed by atoms with Crippen molar-refractivity contribution in [2.75, 3.05) is 13.7 Å². The molecule has 2 aromatic carbocycles. The van der Waals surface area contributed by atoms with E-state index in [1.54, 1.807) is 0 Å². The van der Waals surface area contributed by atoms with Gasteiger partial charge in [0.1, 0.15) is 11.5 Å². The number of carbonyl (C=O) groups is 1. The van der Waals surface area contributed by atoms with E-state index in [1.807, 2.05) is 48.5 Å². The Balaban J connectivity index is 1.86. The van der Waals surface area contributed by atoms with E-state index in [0.717, 1.165) is 22.6 Å². The number of carbonyl (C=O) groups excluding carboxylic acids is 1. The number of rotatable bonds is 4. The van der Waals surface area contributed by atoms with Crippen LogP contribution in [0.4, 0.5) is 0 Å². The van der Waals surface area contributed by atoms with Crippen molar-refractivity contribution >= 4 is 5.97 Å². The fourth-order valence-corrected chi connectivity index (χ4v) is 2.55. The van der Waals surface area contributed by atoms with Gasteiger partial charge >= 0.3 is 5.97 Å². The summed E-state index contributed by atoms with van der Waals surface area (Å²) in [5, 5.41) is 3.42. The highest BCUT2D eigenvalue weighted by Crippen LogP contribution is 2.42. The summed E-state index contributed by atoms with van der Waals surface area (Å²) in [5.74, 6) is 1.50. The number of hydrogen-bond acceptors (Lipinski definition) is 4. The van der Waals surface area contributed by atoms with Gasteiger partial charge in [-0.25, -0.2) is 0 Å². The molecule has 1 aliphatic rings. The van der Waals surface area contributed by atoms with Crippen LogP contribution in [0.3, 0.4) is 0 Å². The van der Waals surface area contributed by atoms with Crippen LogP contribution in [-0.4, -0.2) is 19.6 Å². The smallest absolute Gasteiger partial charge is 0.306 e. The number of hydrogen-bond donors (Lipinski definition) is 1. The Bertz CT molecular complexity index is 608. The van der Waals surface area contributed by atoms with Gasteiger partial charge in [-0.3, -0.25) is 4.79 Å². The van der Waals surface area contributed by atoms with Gasteiger partial charge in [0.2, 0.25) is 0 Å². The molecule has 0 radical (unpaired) electrons. The summed E-state index contributed by atoms with van der Waals surface area (Å²) in [5.41, 5.74) is 2.17. The maximum atomic E-state index is 11.3. The second-order valence-corrected chi connectivity index (χ2v) is 4.89. The van der Waals surface area contributed by atoms with E-state index in [0.29, 0.717) is 13.0 Å². The summed E-state index contributed by atoms with van der Waals surface area (Å²) in [7, 11) is 1.40. The second kappa shape index (κ2) is 5.97. The largest absolute Gasteiger partial charge is 0.469 e. The third-order valence-electron chi connectivity index (χ3n) is 3.59. The molecule has 0 spiro atoms. The molecule has 2 aromatic rings. The molecule has 21 heavy (non-hydrogen) atoms. The first-order valence-corrected chi connectivity index (χ1v) is 6.95. The maximum absolute atomic E-state index is 11.3. The van der Waals surface area contributed by atoms with Crippen LogP contribution in [0.25, 0.3) is 0 Å². The molecule has 3 rings (SSSR count). The summed E-state index contributed by atoms with van der Waals surface area (Å²) in [6.07, 6.45) is 0.345. The van der Waals surface area contributed by atoms with Crippen molar-refractivity contribution in [1.29, 1.82) is 0 Å². The number of nitrogens with one attached hydrogen (secondary N) is 1. The van der Waals surface area contributed by atoms with Gasteiger partial charge in [0.15, 0.2) is 0 Å². The van der Waals surface area contributed by atoms with Gasteiger partial charge in [-0.15, -0.1) is 0 Å².